The Kier molecular flexibility index (Phi) is 4.48. The molecule has 0 N–H and O–H groups in total. The molecule has 0 aliphatic carbocycles. The predicted molar refractivity (Wildman–Crippen MR) is 71.8 cm³/mol. The quantitative estimate of drug-likeness (QED) is 0.724. The van der Waals surface area contributed by atoms with E-state index in [-0.39, 0.29) is 11.9 Å². The molecule has 0 unspecified atom stereocenters. The Morgan fingerprint density at radius 3 is 2.42 bits per heavy atom. The van der Waals surface area contributed by atoms with Gasteiger partial charge in [0.05, 0.1) is 6.61 Å². The zero-order valence-corrected chi connectivity index (χ0v) is 12.8. The Hall–Kier alpha value is -1.26. The van der Waals surface area contributed by atoms with Gasteiger partial charge in [-0.3, -0.25) is 4.90 Å². The van der Waals surface area contributed by atoms with Gasteiger partial charge < -0.3 is 9.47 Å². The van der Waals surface area contributed by atoms with Crippen LogP contribution in [0.25, 0.3) is 0 Å². The van der Waals surface area contributed by atoms with Crippen LogP contribution in [0.3, 0.4) is 0 Å². The molecule has 0 aromatic rings. The van der Waals surface area contributed by atoms with Crippen LogP contribution in [-0.2, 0) is 14.3 Å². The summed E-state index contributed by atoms with van der Waals surface area (Å²) in [6, 6.07) is 0. The van der Waals surface area contributed by atoms with E-state index in [9.17, 15) is 9.59 Å². The van der Waals surface area contributed by atoms with Gasteiger partial charge in [0.1, 0.15) is 11.1 Å². The summed E-state index contributed by atoms with van der Waals surface area (Å²) in [4.78, 5) is 25.9. The van der Waals surface area contributed by atoms with Crippen LogP contribution >= 0.6 is 0 Å². The first-order valence-electron chi connectivity index (χ1n) is 6.80. The molecule has 1 saturated heterocycles. The van der Waals surface area contributed by atoms with E-state index in [1.807, 2.05) is 27.7 Å². The van der Waals surface area contributed by atoms with Gasteiger partial charge in [-0.05, 0) is 47.0 Å². The average molecular weight is 271 g/mol. The van der Waals surface area contributed by atoms with Gasteiger partial charge >= 0.3 is 12.1 Å². The van der Waals surface area contributed by atoms with Crippen molar-refractivity contribution < 1.29 is 19.1 Å². The standard InChI is InChI=1S/C14H25NO4/c1-7-18-11(16)14(6)10(2)8-9-15(14)12(17)19-13(3,4)5/h10H,7-9H2,1-6H3/t10-,14+/m0/s1. The highest BCUT2D eigenvalue weighted by molar-refractivity contribution is 5.86. The monoisotopic (exact) mass is 271 g/mol. The molecule has 1 aliphatic rings. The van der Waals surface area contributed by atoms with Gasteiger partial charge in [0.2, 0.25) is 0 Å². The maximum Gasteiger partial charge on any atom is 0.411 e. The van der Waals surface area contributed by atoms with Crippen LogP contribution in [0.2, 0.25) is 0 Å². The summed E-state index contributed by atoms with van der Waals surface area (Å²) >= 11 is 0. The fraction of sp³-hybridized carbons (Fsp3) is 0.857. The summed E-state index contributed by atoms with van der Waals surface area (Å²) in [7, 11) is 0. The van der Waals surface area contributed by atoms with Crippen LogP contribution < -0.4 is 0 Å². The summed E-state index contributed by atoms with van der Waals surface area (Å²) in [6.07, 6.45) is 0.321. The molecule has 0 aromatic heterocycles. The maximum atomic E-state index is 12.2. The predicted octanol–water partition coefficient (Wildman–Crippen LogP) is 2.59. The minimum atomic E-state index is -0.932. The average Bonchev–Trinajstić information content (AvgIpc) is 2.55. The third-order valence-corrected chi connectivity index (χ3v) is 3.61. The molecule has 0 bridgehead atoms. The van der Waals surface area contributed by atoms with E-state index in [0.717, 1.165) is 6.42 Å². The number of amides is 1. The van der Waals surface area contributed by atoms with E-state index in [4.69, 9.17) is 9.47 Å². The van der Waals surface area contributed by atoms with E-state index in [0.29, 0.717) is 13.2 Å². The summed E-state index contributed by atoms with van der Waals surface area (Å²) in [6.45, 7) is 11.7. The molecule has 0 saturated carbocycles. The summed E-state index contributed by atoms with van der Waals surface area (Å²) < 4.78 is 10.5. The molecule has 1 fully saturated rings. The van der Waals surface area contributed by atoms with Gasteiger partial charge in [-0.15, -0.1) is 0 Å². The van der Waals surface area contributed by atoms with Crippen LogP contribution in [0, 0.1) is 5.92 Å². The fourth-order valence-corrected chi connectivity index (χ4v) is 2.29. The lowest BCUT2D eigenvalue weighted by Crippen LogP contribution is -2.55. The molecular formula is C14H25NO4. The lowest BCUT2D eigenvalue weighted by atomic mass is 9.88. The summed E-state index contributed by atoms with van der Waals surface area (Å²) in [5.74, 6) is -0.301. The fourth-order valence-electron chi connectivity index (χ4n) is 2.29. The van der Waals surface area contributed by atoms with Crippen LogP contribution in [0.5, 0.6) is 0 Å². The van der Waals surface area contributed by atoms with E-state index in [1.165, 1.54) is 4.90 Å². The Labute approximate surface area is 115 Å². The minimum Gasteiger partial charge on any atom is -0.464 e. The van der Waals surface area contributed by atoms with Crippen molar-refractivity contribution >= 4 is 12.1 Å². The van der Waals surface area contributed by atoms with Crippen molar-refractivity contribution in [2.75, 3.05) is 13.2 Å². The van der Waals surface area contributed by atoms with Crippen LogP contribution in [0.1, 0.15) is 48.0 Å². The number of nitrogens with zero attached hydrogens (tertiary/aromatic N) is 1. The Morgan fingerprint density at radius 1 is 1.37 bits per heavy atom. The smallest absolute Gasteiger partial charge is 0.411 e. The van der Waals surface area contributed by atoms with Crippen LogP contribution in [-0.4, -0.2) is 41.3 Å². The zero-order chi connectivity index (χ0) is 14.8. The van der Waals surface area contributed by atoms with Gasteiger partial charge in [0.25, 0.3) is 0 Å². The Morgan fingerprint density at radius 2 is 1.95 bits per heavy atom. The molecule has 19 heavy (non-hydrogen) atoms. The van der Waals surface area contributed by atoms with E-state index >= 15 is 0 Å². The van der Waals surface area contributed by atoms with E-state index < -0.39 is 17.2 Å². The number of carbonyl (C=O) groups excluding carboxylic acids is 2. The number of rotatable bonds is 2. The molecule has 1 heterocycles. The van der Waals surface area contributed by atoms with Crippen molar-refractivity contribution in [2.45, 2.75) is 59.1 Å². The lowest BCUT2D eigenvalue weighted by molar-refractivity contribution is -0.156. The normalized spacial score (nSPS) is 27.3. The molecule has 5 nitrogen and oxygen atoms in total. The highest BCUT2D eigenvalue weighted by Crippen LogP contribution is 2.36. The van der Waals surface area contributed by atoms with Crippen molar-refractivity contribution in [3.8, 4) is 0 Å². The van der Waals surface area contributed by atoms with Crippen molar-refractivity contribution in [1.82, 2.24) is 4.90 Å². The first-order valence-corrected chi connectivity index (χ1v) is 6.80. The molecule has 0 spiro atoms. The summed E-state index contributed by atoms with van der Waals surface area (Å²) in [5, 5.41) is 0. The molecule has 1 amide bonds. The van der Waals surface area contributed by atoms with Gasteiger partial charge in [-0.25, -0.2) is 9.59 Å². The van der Waals surface area contributed by atoms with Crippen molar-refractivity contribution in [3.63, 3.8) is 0 Å². The second-order valence-electron chi connectivity index (χ2n) is 6.19. The third-order valence-electron chi connectivity index (χ3n) is 3.61. The lowest BCUT2D eigenvalue weighted by Gasteiger charge is -2.36. The Bertz CT molecular complexity index is 361. The number of ether oxygens (including phenoxy) is 2. The van der Waals surface area contributed by atoms with Crippen LogP contribution in [0.15, 0.2) is 0 Å². The number of carbonyl (C=O) groups is 2. The molecule has 1 rings (SSSR count). The third kappa shape index (κ3) is 3.19. The van der Waals surface area contributed by atoms with Crippen molar-refractivity contribution in [3.05, 3.63) is 0 Å². The largest absolute Gasteiger partial charge is 0.464 e. The van der Waals surface area contributed by atoms with E-state index in [1.54, 1.807) is 13.8 Å². The molecular weight excluding hydrogens is 246 g/mol. The molecule has 110 valence electrons. The maximum absolute atomic E-state index is 12.2. The summed E-state index contributed by atoms with van der Waals surface area (Å²) in [5.41, 5.74) is -1.50. The number of hydrogen-bond donors (Lipinski definition) is 0. The Balaban J connectivity index is 2.93. The van der Waals surface area contributed by atoms with Gasteiger partial charge in [-0.1, -0.05) is 6.92 Å². The van der Waals surface area contributed by atoms with Crippen molar-refractivity contribution in [2.24, 2.45) is 5.92 Å². The van der Waals surface area contributed by atoms with Gasteiger partial charge in [-0.2, -0.15) is 0 Å². The first-order chi connectivity index (χ1) is 8.63. The molecule has 1 aliphatic heterocycles. The molecule has 0 radical (unpaired) electrons. The minimum absolute atomic E-state index is 0.0547. The second kappa shape index (κ2) is 5.39. The molecule has 5 heteroatoms. The highest BCUT2D eigenvalue weighted by Gasteiger charge is 2.53. The number of hydrogen-bond acceptors (Lipinski definition) is 4. The number of esters is 1. The topological polar surface area (TPSA) is 55.8 Å². The highest BCUT2D eigenvalue weighted by atomic mass is 16.6. The molecule has 0 aromatic carbocycles. The van der Waals surface area contributed by atoms with Gasteiger partial charge in [0.15, 0.2) is 0 Å². The SMILES string of the molecule is CCOC(=O)[C@@]1(C)[C@@H](C)CCN1C(=O)OC(C)(C)C. The molecule has 2 atom stereocenters. The second-order valence-corrected chi connectivity index (χ2v) is 6.19. The van der Waals surface area contributed by atoms with Crippen LogP contribution in [0.4, 0.5) is 4.79 Å². The first kappa shape index (κ1) is 15.8. The number of likely N-dealkylation sites (tertiary alicyclic amines) is 1. The van der Waals surface area contributed by atoms with E-state index in [2.05, 4.69) is 0 Å². The van der Waals surface area contributed by atoms with Crippen molar-refractivity contribution in [1.29, 1.82) is 0 Å². The zero-order valence-electron chi connectivity index (χ0n) is 12.8. The van der Waals surface area contributed by atoms with Gasteiger partial charge in [0, 0.05) is 6.54 Å².